The minimum absolute atomic E-state index is 0.00570. The molecular weight excluding hydrogens is 500 g/mol. The Bertz CT molecular complexity index is 1110. The van der Waals surface area contributed by atoms with Crippen LogP contribution in [0.5, 0.6) is 0 Å². The van der Waals surface area contributed by atoms with Crippen molar-refractivity contribution < 1.29 is 28.6 Å². The molecule has 1 fully saturated rings. The summed E-state index contributed by atoms with van der Waals surface area (Å²) < 4.78 is 11.5. The number of carbonyl (C=O) groups is 3. The molecule has 1 saturated heterocycles. The van der Waals surface area contributed by atoms with E-state index in [9.17, 15) is 19.5 Å². The van der Waals surface area contributed by atoms with Gasteiger partial charge in [0.15, 0.2) is 11.6 Å². The molecule has 10 nitrogen and oxygen atoms in total. The molecule has 0 saturated carbocycles. The van der Waals surface area contributed by atoms with Gasteiger partial charge in [-0.3, -0.25) is 9.59 Å². The molecule has 2 bridgehead atoms. The first-order valence-electron chi connectivity index (χ1n) is 13.6. The van der Waals surface area contributed by atoms with Gasteiger partial charge in [0.2, 0.25) is 5.91 Å². The molecule has 5 atom stereocenters. The van der Waals surface area contributed by atoms with Crippen molar-refractivity contribution in [2.45, 2.75) is 71.2 Å². The summed E-state index contributed by atoms with van der Waals surface area (Å²) in [5.41, 5.74) is 1.01. The first-order valence-corrected chi connectivity index (χ1v) is 13.6. The number of esters is 1. The van der Waals surface area contributed by atoms with Crippen LogP contribution in [0.15, 0.2) is 46.6 Å². The second-order valence-electron chi connectivity index (χ2n) is 11.0. The van der Waals surface area contributed by atoms with E-state index in [0.29, 0.717) is 38.2 Å². The topological polar surface area (TPSA) is 125 Å². The van der Waals surface area contributed by atoms with Gasteiger partial charge in [0.1, 0.15) is 18.4 Å². The van der Waals surface area contributed by atoms with Gasteiger partial charge in [-0.25, -0.2) is 9.78 Å². The molecule has 39 heavy (non-hydrogen) atoms. The summed E-state index contributed by atoms with van der Waals surface area (Å²) in [7, 11) is 3.82. The summed E-state index contributed by atoms with van der Waals surface area (Å²) in [5.74, 6) is -0.915. The monoisotopic (exact) mass is 542 g/mol. The molecule has 0 aromatic carbocycles. The van der Waals surface area contributed by atoms with Crippen LogP contribution >= 0.6 is 0 Å². The Morgan fingerprint density at radius 2 is 1.95 bits per heavy atom. The van der Waals surface area contributed by atoms with E-state index in [1.54, 1.807) is 12.2 Å². The van der Waals surface area contributed by atoms with Crippen LogP contribution in [-0.2, 0) is 20.7 Å². The van der Waals surface area contributed by atoms with E-state index in [1.165, 1.54) is 17.2 Å². The number of aliphatic hydroxyl groups is 1. The Morgan fingerprint density at radius 3 is 2.59 bits per heavy atom. The summed E-state index contributed by atoms with van der Waals surface area (Å²) in [4.78, 5) is 46.4. The number of nitrogens with one attached hydrogen (secondary N) is 1. The van der Waals surface area contributed by atoms with Gasteiger partial charge in [0.25, 0.3) is 5.91 Å². The lowest BCUT2D eigenvalue weighted by Crippen LogP contribution is -2.56. The van der Waals surface area contributed by atoms with Gasteiger partial charge >= 0.3 is 5.97 Å². The van der Waals surface area contributed by atoms with Crippen LogP contribution in [0, 0.1) is 11.8 Å². The van der Waals surface area contributed by atoms with Gasteiger partial charge in [-0.1, -0.05) is 50.6 Å². The Morgan fingerprint density at radius 1 is 1.21 bits per heavy atom. The molecule has 3 heterocycles. The molecule has 3 rings (SSSR count). The van der Waals surface area contributed by atoms with E-state index < -0.39 is 24.2 Å². The fraction of sp³-hybridized carbons (Fsp3) is 0.586. The maximum Gasteiger partial charge on any atom is 0.329 e. The van der Waals surface area contributed by atoms with Crippen molar-refractivity contribution in [1.82, 2.24) is 20.1 Å². The third-order valence-corrected chi connectivity index (χ3v) is 7.19. The number of oxazole rings is 1. The summed E-state index contributed by atoms with van der Waals surface area (Å²) in [5, 5.41) is 13.5. The van der Waals surface area contributed by atoms with Crippen molar-refractivity contribution in [2.75, 3.05) is 27.2 Å². The van der Waals surface area contributed by atoms with Crippen molar-refractivity contribution >= 4 is 17.8 Å². The number of fused-ring (bicyclic) bond motifs is 3. The Balaban J connectivity index is 1.85. The van der Waals surface area contributed by atoms with Gasteiger partial charge in [0.05, 0.1) is 6.10 Å². The number of ether oxygens (including phenoxy) is 1. The molecule has 0 spiro atoms. The van der Waals surface area contributed by atoms with Crippen LogP contribution in [0.4, 0.5) is 0 Å². The van der Waals surface area contributed by atoms with Gasteiger partial charge in [-0.2, -0.15) is 0 Å². The number of hydrogen-bond donors (Lipinski definition) is 2. The van der Waals surface area contributed by atoms with Crippen LogP contribution < -0.4 is 5.32 Å². The second kappa shape index (κ2) is 13.7. The zero-order valence-corrected chi connectivity index (χ0v) is 23.8. The van der Waals surface area contributed by atoms with Gasteiger partial charge < -0.3 is 29.4 Å². The molecule has 1 aromatic rings. The number of allylic oxidation sites excluding steroid dienone is 2. The van der Waals surface area contributed by atoms with Crippen molar-refractivity contribution in [3.05, 3.63) is 53.8 Å². The third-order valence-electron chi connectivity index (χ3n) is 7.19. The maximum absolute atomic E-state index is 13.2. The van der Waals surface area contributed by atoms with E-state index in [1.807, 2.05) is 58.8 Å². The second-order valence-corrected chi connectivity index (χ2v) is 11.0. The first-order chi connectivity index (χ1) is 18.5. The predicted molar refractivity (Wildman–Crippen MR) is 147 cm³/mol. The van der Waals surface area contributed by atoms with Crippen LogP contribution in [0.25, 0.3) is 0 Å². The number of aromatic nitrogens is 1. The van der Waals surface area contributed by atoms with Crippen molar-refractivity contribution in [1.29, 1.82) is 0 Å². The van der Waals surface area contributed by atoms with E-state index in [-0.39, 0.29) is 35.4 Å². The number of aliphatic hydroxyl groups excluding tert-OH is 1. The molecule has 2 aliphatic rings. The number of amides is 2. The van der Waals surface area contributed by atoms with Crippen molar-refractivity contribution in [3.8, 4) is 0 Å². The largest absolute Gasteiger partial charge is 0.460 e. The zero-order chi connectivity index (χ0) is 28.7. The Labute approximate surface area is 230 Å². The summed E-state index contributed by atoms with van der Waals surface area (Å²) in [6, 6.07) is -0.782. The predicted octanol–water partition coefficient (Wildman–Crippen LogP) is 2.51. The molecule has 0 aliphatic carbocycles. The number of likely N-dealkylation sites (N-methyl/N-ethyl adjacent to an activating group) is 1. The third kappa shape index (κ3) is 8.37. The smallest absolute Gasteiger partial charge is 0.329 e. The highest BCUT2D eigenvalue weighted by molar-refractivity contribution is 5.96. The Hall–Kier alpha value is -3.24. The fourth-order valence-corrected chi connectivity index (χ4v) is 4.78. The molecule has 1 aromatic heterocycles. The number of nitrogens with zero attached hydrogens (tertiary/aromatic N) is 3. The van der Waals surface area contributed by atoms with E-state index in [2.05, 4.69) is 10.3 Å². The highest BCUT2D eigenvalue weighted by Crippen LogP contribution is 2.26. The Kier molecular flexibility index (Phi) is 10.7. The lowest BCUT2D eigenvalue weighted by atomic mass is 9.93. The average Bonchev–Trinajstić information content (AvgIpc) is 3.30. The molecule has 0 radical (unpaired) electrons. The normalized spacial score (nSPS) is 28.8. The highest BCUT2D eigenvalue weighted by Gasteiger charge is 2.41. The zero-order valence-electron chi connectivity index (χ0n) is 23.8. The first kappa shape index (κ1) is 30.3. The SMILES string of the molecule is CC1=C[C@@H](O)C[C@H](N(C)C)Cc2nc(co2)C(=O)N2CCC2C(=O)OC(C(C)C)[C@H](C)/C=C/C(=O)NCC=C1. The molecular formula is C29H42N4O6. The minimum Gasteiger partial charge on any atom is -0.460 e. The molecule has 2 aliphatic heterocycles. The van der Waals surface area contributed by atoms with E-state index in [0.717, 1.165) is 5.57 Å². The van der Waals surface area contributed by atoms with Crippen molar-refractivity contribution in [3.63, 3.8) is 0 Å². The summed E-state index contributed by atoms with van der Waals surface area (Å²) >= 11 is 0. The minimum atomic E-state index is -0.708. The van der Waals surface area contributed by atoms with Crippen molar-refractivity contribution in [2.24, 2.45) is 11.8 Å². The van der Waals surface area contributed by atoms with Crippen LogP contribution in [0.2, 0.25) is 0 Å². The standard InChI is InChI=1S/C29H42N4O6/c1-18(2)27-20(4)9-10-25(35)30-12-7-8-19(3)14-22(34)15-21(32(5)6)16-26-31-23(17-38-26)28(36)33-13-11-24(33)29(37)39-27/h7-10,14,17-18,20-22,24,27,34H,11-13,15-16H2,1-6H3,(H,30,35)/b8-7?,10-9+,19-14?/t20-,21+,22-,24?,27?/m1/s1. The van der Waals surface area contributed by atoms with Gasteiger partial charge in [-0.15, -0.1) is 0 Å². The average molecular weight is 543 g/mol. The lowest BCUT2D eigenvalue weighted by Gasteiger charge is -2.39. The van der Waals surface area contributed by atoms with E-state index >= 15 is 0 Å². The van der Waals surface area contributed by atoms with Crippen LogP contribution in [-0.4, -0.2) is 89.2 Å². The van der Waals surface area contributed by atoms with Gasteiger partial charge in [-0.05, 0) is 45.9 Å². The summed E-state index contributed by atoms with van der Waals surface area (Å²) in [6.07, 6.45) is 10.1. The molecule has 2 amide bonds. The van der Waals surface area contributed by atoms with E-state index in [4.69, 9.17) is 9.15 Å². The summed E-state index contributed by atoms with van der Waals surface area (Å²) in [6.45, 7) is 8.44. The number of cyclic esters (lactones) is 1. The molecule has 10 heteroatoms. The van der Waals surface area contributed by atoms with Crippen LogP contribution in [0.3, 0.4) is 0 Å². The van der Waals surface area contributed by atoms with Crippen LogP contribution in [0.1, 0.15) is 56.9 Å². The lowest BCUT2D eigenvalue weighted by molar-refractivity contribution is -0.162. The fourth-order valence-electron chi connectivity index (χ4n) is 4.78. The maximum atomic E-state index is 13.2. The number of carbonyl (C=O) groups excluding carboxylic acids is 3. The van der Waals surface area contributed by atoms with Gasteiger partial charge in [0, 0.05) is 31.5 Å². The quantitative estimate of drug-likeness (QED) is 0.546. The number of rotatable bonds is 2. The number of hydrogen-bond acceptors (Lipinski definition) is 8. The molecule has 2 N–H and O–H groups in total. The molecule has 214 valence electrons. The highest BCUT2D eigenvalue weighted by atomic mass is 16.5. The molecule has 2 unspecified atom stereocenters.